The van der Waals surface area contributed by atoms with Crippen LogP contribution < -0.4 is 4.90 Å². The number of thioether (sulfide) groups is 1. The molecule has 2 aromatic carbocycles. The summed E-state index contributed by atoms with van der Waals surface area (Å²) in [6.45, 7) is 9.91. The summed E-state index contributed by atoms with van der Waals surface area (Å²) in [6, 6.07) is 12.2. The molecule has 7 heteroatoms. The molecule has 0 N–H and O–H groups in total. The second-order valence-electron chi connectivity index (χ2n) is 8.23. The van der Waals surface area contributed by atoms with Crippen molar-refractivity contribution in [3.63, 3.8) is 0 Å². The number of aryl methyl sites for hydroxylation is 3. The van der Waals surface area contributed by atoms with E-state index in [4.69, 9.17) is 4.98 Å². The van der Waals surface area contributed by atoms with Crippen LogP contribution in [0.15, 0.2) is 60.0 Å². The molecular formula is C25H28N4OS2. The first-order valence-electron chi connectivity index (χ1n) is 10.8. The van der Waals surface area contributed by atoms with Gasteiger partial charge in [-0.3, -0.25) is 9.69 Å². The first-order chi connectivity index (χ1) is 15.4. The average Bonchev–Trinajstić information content (AvgIpc) is 3.41. The third-order valence-corrected chi connectivity index (χ3v) is 7.17. The fourth-order valence-electron chi connectivity index (χ4n) is 3.69. The maximum atomic E-state index is 13.6. The molecule has 5 nitrogen and oxygen atoms in total. The van der Waals surface area contributed by atoms with Crippen LogP contribution in [0, 0.1) is 13.8 Å². The molecule has 2 aromatic heterocycles. The van der Waals surface area contributed by atoms with Crippen molar-refractivity contribution in [1.29, 1.82) is 0 Å². The largest absolute Gasteiger partial charge is 0.337 e. The molecule has 0 aliphatic rings. The van der Waals surface area contributed by atoms with Gasteiger partial charge >= 0.3 is 0 Å². The van der Waals surface area contributed by atoms with Crippen molar-refractivity contribution in [3.05, 3.63) is 71.8 Å². The van der Waals surface area contributed by atoms with Gasteiger partial charge in [0.25, 0.3) is 5.91 Å². The summed E-state index contributed by atoms with van der Waals surface area (Å²) in [7, 11) is 0. The van der Waals surface area contributed by atoms with E-state index < -0.39 is 0 Å². The summed E-state index contributed by atoms with van der Waals surface area (Å²) in [5.74, 6) is -0.00911. The molecule has 0 unspecified atom stereocenters. The molecule has 2 heterocycles. The Morgan fingerprint density at radius 2 is 1.97 bits per heavy atom. The minimum absolute atomic E-state index is 0.00911. The SMILES string of the molecule is Cc1cc(C)c2nc(N(CCCn3ccnc3)C(=O)c3ccc(SC(C)C)cc3)sc2c1. The maximum Gasteiger partial charge on any atom is 0.260 e. The Morgan fingerprint density at radius 1 is 1.19 bits per heavy atom. The monoisotopic (exact) mass is 464 g/mol. The molecule has 32 heavy (non-hydrogen) atoms. The molecule has 0 fully saturated rings. The lowest BCUT2D eigenvalue weighted by molar-refractivity contribution is 0.0986. The number of rotatable bonds is 8. The quantitative estimate of drug-likeness (QED) is 0.285. The van der Waals surface area contributed by atoms with Gasteiger partial charge in [0.1, 0.15) is 0 Å². The molecule has 0 spiro atoms. The molecule has 0 aliphatic carbocycles. The van der Waals surface area contributed by atoms with Gasteiger partial charge in [0, 0.05) is 41.2 Å². The summed E-state index contributed by atoms with van der Waals surface area (Å²) < 4.78 is 3.15. The molecule has 4 rings (SSSR count). The molecular weight excluding hydrogens is 436 g/mol. The van der Waals surface area contributed by atoms with Crippen LogP contribution in [0.5, 0.6) is 0 Å². The Kier molecular flexibility index (Phi) is 6.96. The third-order valence-electron chi connectivity index (χ3n) is 5.12. The minimum atomic E-state index is -0.00911. The van der Waals surface area contributed by atoms with Crippen LogP contribution in [0.4, 0.5) is 5.13 Å². The van der Waals surface area contributed by atoms with Gasteiger partial charge < -0.3 is 4.57 Å². The molecule has 0 saturated carbocycles. The Labute approximate surface area is 197 Å². The number of nitrogens with zero attached hydrogens (tertiary/aromatic N) is 4. The van der Waals surface area contributed by atoms with Gasteiger partial charge in [-0.25, -0.2) is 9.97 Å². The Morgan fingerprint density at radius 3 is 2.66 bits per heavy atom. The molecule has 0 aliphatic heterocycles. The lowest BCUT2D eigenvalue weighted by atomic mass is 10.1. The number of anilines is 1. The van der Waals surface area contributed by atoms with Crippen molar-refractivity contribution >= 4 is 44.4 Å². The first kappa shape index (κ1) is 22.6. The molecule has 0 atom stereocenters. The van der Waals surface area contributed by atoms with Crippen molar-refractivity contribution in [2.75, 3.05) is 11.4 Å². The fourth-order valence-corrected chi connectivity index (χ4v) is 5.70. The number of fused-ring (bicyclic) bond motifs is 1. The second kappa shape index (κ2) is 9.88. The molecule has 1 amide bonds. The standard InChI is InChI=1S/C25H28N4OS2/c1-17(2)31-21-8-6-20(7-9-21)24(30)29(12-5-11-28-13-10-26-16-28)25-27-23-19(4)14-18(3)15-22(23)32-25/h6-10,13-17H,5,11-12H2,1-4H3. The molecule has 0 saturated heterocycles. The molecule has 0 radical (unpaired) electrons. The third kappa shape index (κ3) is 5.22. The van der Waals surface area contributed by atoms with Crippen LogP contribution >= 0.6 is 23.1 Å². The van der Waals surface area contributed by atoms with Crippen LogP contribution in [-0.2, 0) is 6.54 Å². The Balaban J connectivity index is 1.62. The number of imidazole rings is 1. The molecule has 4 aromatic rings. The first-order valence-corrected chi connectivity index (χ1v) is 12.5. The number of aromatic nitrogens is 3. The highest BCUT2D eigenvalue weighted by atomic mass is 32.2. The van der Waals surface area contributed by atoms with Crippen LogP contribution in [0.3, 0.4) is 0 Å². The normalized spacial score (nSPS) is 11.4. The highest BCUT2D eigenvalue weighted by molar-refractivity contribution is 7.99. The van der Waals surface area contributed by atoms with Crippen LogP contribution in [-0.4, -0.2) is 32.2 Å². The van der Waals surface area contributed by atoms with E-state index in [-0.39, 0.29) is 5.91 Å². The van der Waals surface area contributed by atoms with Gasteiger partial charge in [-0.15, -0.1) is 11.8 Å². The topological polar surface area (TPSA) is 51.0 Å². The fraction of sp³-hybridized carbons (Fsp3) is 0.320. The summed E-state index contributed by atoms with van der Waals surface area (Å²) in [6.07, 6.45) is 6.35. The zero-order chi connectivity index (χ0) is 22.7. The summed E-state index contributed by atoms with van der Waals surface area (Å²) in [5.41, 5.74) is 4.02. The minimum Gasteiger partial charge on any atom is -0.337 e. The van der Waals surface area contributed by atoms with E-state index in [1.54, 1.807) is 35.6 Å². The highest BCUT2D eigenvalue weighted by Gasteiger charge is 2.22. The van der Waals surface area contributed by atoms with E-state index >= 15 is 0 Å². The zero-order valence-corrected chi connectivity index (χ0v) is 20.5. The lowest BCUT2D eigenvalue weighted by Gasteiger charge is -2.20. The van der Waals surface area contributed by atoms with Crippen molar-refractivity contribution in [2.45, 2.75) is 50.8 Å². The number of thiazole rings is 1. The van der Waals surface area contributed by atoms with Crippen molar-refractivity contribution in [2.24, 2.45) is 0 Å². The lowest BCUT2D eigenvalue weighted by Crippen LogP contribution is -2.32. The van der Waals surface area contributed by atoms with Crippen LogP contribution in [0.25, 0.3) is 10.2 Å². The average molecular weight is 465 g/mol. The van der Waals surface area contributed by atoms with E-state index in [0.717, 1.165) is 33.9 Å². The zero-order valence-electron chi connectivity index (χ0n) is 18.9. The number of carbonyl (C=O) groups is 1. The summed E-state index contributed by atoms with van der Waals surface area (Å²) in [4.78, 5) is 25.6. The van der Waals surface area contributed by atoms with E-state index in [1.807, 2.05) is 39.9 Å². The number of hydrogen-bond donors (Lipinski definition) is 0. The predicted molar refractivity (Wildman–Crippen MR) is 135 cm³/mol. The smallest absolute Gasteiger partial charge is 0.260 e. The van der Waals surface area contributed by atoms with Crippen molar-refractivity contribution < 1.29 is 4.79 Å². The van der Waals surface area contributed by atoms with E-state index in [0.29, 0.717) is 17.4 Å². The number of amides is 1. The maximum absolute atomic E-state index is 13.6. The number of benzene rings is 2. The summed E-state index contributed by atoms with van der Waals surface area (Å²) >= 11 is 3.38. The van der Waals surface area contributed by atoms with E-state index in [9.17, 15) is 4.79 Å². The van der Waals surface area contributed by atoms with Crippen LogP contribution in [0.2, 0.25) is 0 Å². The number of hydrogen-bond acceptors (Lipinski definition) is 5. The van der Waals surface area contributed by atoms with Crippen molar-refractivity contribution in [3.8, 4) is 0 Å². The number of carbonyl (C=O) groups excluding carboxylic acids is 1. The van der Waals surface area contributed by atoms with Gasteiger partial charge in [0.05, 0.1) is 16.5 Å². The predicted octanol–water partition coefficient (Wildman–Crippen LogP) is 6.35. The Bertz CT molecular complexity index is 1200. The van der Waals surface area contributed by atoms with Gasteiger partial charge in [-0.05, 0) is 61.7 Å². The van der Waals surface area contributed by atoms with Gasteiger partial charge in [-0.1, -0.05) is 31.3 Å². The van der Waals surface area contributed by atoms with Gasteiger partial charge in [-0.2, -0.15) is 0 Å². The van der Waals surface area contributed by atoms with Crippen LogP contribution in [0.1, 0.15) is 41.8 Å². The van der Waals surface area contributed by atoms with E-state index in [1.165, 1.54) is 10.5 Å². The molecule has 166 valence electrons. The molecule has 0 bridgehead atoms. The van der Waals surface area contributed by atoms with Gasteiger partial charge in [0.15, 0.2) is 5.13 Å². The van der Waals surface area contributed by atoms with Crippen molar-refractivity contribution in [1.82, 2.24) is 14.5 Å². The van der Waals surface area contributed by atoms with E-state index in [2.05, 4.69) is 44.8 Å². The Hall–Kier alpha value is -2.64. The second-order valence-corrected chi connectivity index (χ2v) is 10.9. The summed E-state index contributed by atoms with van der Waals surface area (Å²) in [5, 5.41) is 1.26. The van der Waals surface area contributed by atoms with Gasteiger partial charge in [0.2, 0.25) is 0 Å². The highest BCUT2D eigenvalue weighted by Crippen LogP contribution is 2.33.